The third kappa shape index (κ3) is 3.54. The third-order valence-electron chi connectivity index (χ3n) is 4.30. The quantitative estimate of drug-likeness (QED) is 0.908. The molecule has 0 bridgehead atoms. The third-order valence-corrected chi connectivity index (χ3v) is 4.30. The lowest BCUT2D eigenvalue weighted by atomic mass is 10.0. The lowest BCUT2D eigenvalue weighted by molar-refractivity contribution is 0.207. The number of aryl methyl sites for hydroxylation is 1. The van der Waals surface area contributed by atoms with Crippen LogP contribution in [0.2, 0.25) is 0 Å². The Kier molecular flexibility index (Phi) is 4.94. The number of likely N-dealkylation sites (tertiary alicyclic amines) is 1. The van der Waals surface area contributed by atoms with Crippen LogP contribution < -0.4 is 5.73 Å². The van der Waals surface area contributed by atoms with E-state index >= 15 is 0 Å². The first-order chi connectivity index (χ1) is 9.11. The van der Waals surface area contributed by atoms with E-state index in [1.54, 1.807) is 13.0 Å². The van der Waals surface area contributed by atoms with E-state index in [0.29, 0.717) is 12.1 Å². The normalized spacial score (nSPS) is 23.1. The van der Waals surface area contributed by atoms with Crippen molar-refractivity contribution in [2.24, 2.45) is 11.7 Å². The number of halogens is 1. The Balaban J connectivity index is 2.16. The predicted octanol–water partition coefficient (Wildman–Crippen LogP) is 3.26. The number of rotatable bonds is 3. The second-order valence-electron chi connectivity index (χ2n) is 5.83. The van der Waals surface area contributed by atoms with E-state index in [4.69, 9.17) is 5.73 Å². The Hall–Kier alpha value is -0.930. The maximum absolute atomic E-state index is 13.7. The molecule has 2 rings (SSSR count). The van der Waals surface area contributed by atoms with Gasteiger partial charge in [-0.15, -0.1) is 0 Å². The van der Waals surface area contributed by atoms with Crippen LogP contribution in [0.5, 0.6) is 0 Å². The van der Waals surface area contributed by atoms with Crippen LogP contribution in [0.4, 0.5) is 4.39 Å². The molecule has 106 valence electrons. The maximum atomic E-state index is 13.7. The highest BCUT2D eigenvalue weighted by molar-refractivity contribution is 5.26. The maximum Gasteiger partial charge on any atom is 0.126 e. The van der Waals surface area contributed by atoms with Gasteiger partial charge in [0.15, 0.2) is 0 Å². The highest BCUT2D eigenvalue weighted by Crippen LogP contribution is 2.26. The minimum Gasteiger partial charge on any atom is -0.329 e. The van der Waals surface area contributed by atoms with Crippen LogP contribution in [-0.2, 0) is 0 Å². The second kappa shape index (κ2) is 6.49. The summed E-state index contributed by atoms with van der Waals surface area (Å²) >= 11 is 0. The summed E-state index contributed by atoms with van der Waals surface area (Å²) < 4.78 is 13.7. The van der Waals surface area contributed by atoms with Crippen molar-refractivity contribution in [2.45, 2.75) is 39.2 Å². The molecule has 2 unspecified atom stereocenters. The van der Waals surface area contributed by atoms with Crippen LogP contribution in [0.25, 0.3) is 0 Å². The van der Waals surface area contributed by atoms with E-state index in [1.807, 2.05) is 12.1 Å². The van der Waals surface area contributed by atoms with Gasteiger partial charge in [-0.3, -0.25) is 4.90 Å². The van der Waals surface area contributed by atoms with Crippen molar-refractivity contribution in [3.63, 3.8) is 0 Å². The Bertz CT molecular complexity index is 419. The molecule has 1 aromatic carbocycles. The largest absolute Gasteiger partial charge is 0.329 e. The highest BCUT2D eigenvalue weighted by atomic mass is 19.1. The van der Waals surface area contributed by atoms with Crippen molar-refractivity contribution in [3.8, 4) is 0 Å². The average Bonchev–Trinajstić information content (AvgIpc) is 2.60. The van der Waals surface area contributed by atoms with Crippen molar-refractivity contribution in [2.75, 3.05) is 19.6 Å². The molecular formula is C16H25FN2. The van der Waals surface area contributed by atoms with E-state index in [0.717, 1.165) is 24.6 Å². The van der Waals surface area contributed by atoms with Crippen molar-refractivity contribution in [1.82, 2.24) is 4.90 Å². The van der Waals surface area contributed by atoms with Crippen LogP contribution in [0, 0.1) is 18.7 Å². The zero-order valence-corrected chi connectivity index (χ0v) is 12.0. The molecule has 1 heterocycles. The summed E-state index contributed by atoms with van der Waals surface area (Å²) in [7, 11) is 0. The molecule has 2 atom stereocenters. The molecule has 1 aromatic rings. The van der Waals surface area contributed by atoms with E-state index < -0.39 is 0 Å². The molecule has 0 aliphatic carbocycles. The molecule has 0 aromatic heterocycles. The van der Waals surface area contributed by atoms with Crippen LogP contribution in [-0.4, -0.2) is 24.5 Å². The van der Waals surface area contributed by atoms with E-state index in [1.165, 1.54) is 19.3 Å². The van der Waals surface area contributed by atoms with E-state index in [-0.39, 0.29) is 11.9 Å². The summed E-state index contributed by atoms with van der Waals surface area (Å²) in [6.45, 7) is 6.80. The lowest BCUT2D eigenvalue weighted by Crippen LogP contribution is -2.34. The van der Waals surface area contributed by atoms with Crippen LogP contribution in [0.3, 0.4) is 0 Å². The summed E-state index contributed by atoms with van der Waals surface area (Å²) in [4.78, 5) is 2.42. The first-order valence-electron chi connectivity index (χ1n) is 7.32. The van der Waals surface area contributed by atoms with Gasteiger partial charge in [-0.2, -0.15) is 0 Å². The smallest absolute Gasteiger partial charge is 0.126 e. The zero-order valence-electron chi connectivity index (χ0n) is 12.0. The number of hydrogen-bond acceptors (Lipinski definition) is 2. The summed E-state index contributed by atoms with van der Waals surface area (Å²) in [5, 5.41) is 0. The fraction of sp³-hybridized carbons (Fsp3) is 0.625. The topological polar surface area (TPSA) is 29.3 Å². The van der Waals surface area contributed by atoms with Crippen LogP contribution in [0.1, 0.15) is 43.4 Å². The SMILES string of the molecule is Cc1ccc(C(CN)N2CCCC(C)CC2)cc1F. The zero-order chi connectivity index (χ0) is 13.8. The van der Waals surface area contributed by atoms with Crippen molar-refractivity contribution >= 4 is 0 Å². The Labute approximate surface area is 115 Å². The Morgan fingerprint density at radius 3 is 2.84 bits per heavy atom. The molecule has 0 saturated carbocycles. The number of benzene rings is 1. The van der Waals surface area contributed by atoms with Crippen LogP contribution >= 0.6 is 0 Å². The molecule has 1 fully saturated rings. The molecule has 19 heavy (non-hydrogen) atoms. The molecule has 0 amide bonds. The molecule has 3 heteroatoms. The highest BCUT2D eigenvalue weighted by Gasteiger charge is 2.22. The fourth-order valence-electron chi connectivity index (χ4n) is 2.91. The summed E-state index contributed by atoms with van der Waals surface area (Å²) in [5.74, 6) is 0.664. The molecule has 1 saturated heterocycles. The standard InChI is InChI=1S/C16H25FN2/c1-12-4-3-8-19(9-7-12)16(11-18)14-6-5-13(2)15(17)10-14/h5-6,10,12,16H,3-4,7-9,11,18H2,1-2H3. The Morgan fingerprint density at radius 1 is 1.37 bits per heavy atom. The average molecular weight is 264 g/mol. The van der Waals surface area contributed by atoms with E-state index in [2.05, 4.69) is 11.8 Å². The molecule has 2 nitrogen and oxygen atoms in total. The van der Waals surface area contributed by atoms with Gasteiger partial charge >= 0.3 is 0 Å². The molecule has 0 spiro atoms. The predicted molar refractivity (Wildman–Crippen MR) is 77.5 cm³/mol. The van der Waals surface area contributed by atoms with Gasteiger partial charge in [0.05, 0.1) is 0 Å². The number of nitrogens with two attached hydrogens (primary N) is 1. The lowest BCUT2D eigenvalue weighted by Gasteiger charge is -2.30. The molecule has 1 aliphatic rings. The minimum atomic E-state index is -0.126. The number of hydrogen-bond donors (Lipinski definition) is 1. The van der Waals surface area contributed by atoms with Gasteiger partial charge in [0.1, 0.15) is 5.82 Å². The van der Waals surface area contributed by atoms with Gasteiger partial charge in [0, 0.05) is 12.6 Å². The van der Waals surface area contributed by atoms with Crippen molar-refractivity contribution in [3.05, 3.63) is 35.1 Å². The molecule has 1 aliphatic heterocycles. The van der Waals surface area contributed by atoms with Crippen molar-refractivity contribution in [1.29, 1.82) is 0 Å². The first-order valence-corrected chi connectivity index (χ1v) is 7.32. The summed E-state index contributed by atoms with van der Waals surface area (Å²) in [6, 6.07) is 5.68. The molecule has 2 N–H and O–H groups in total. The first kappa shape index (κ1) is 14.5. The minimum absolute atomic E-state index is 0.126. The van der Waals surface area contributed by atoms with Gasteiger partial charge in [-0.1, -0.05) is 19.1 Å². The van der Waals surface area contributed by atoms with Gasteiger partial charge < -0.3 is 5.73 Å². The summed E-state index contributed by atoms with van der Waals surface area (Å²) in [6.07, 6.45) is 3.72. The monoisotopic (exact) mass is 264 g/mol. The fourth-order valence-corrected chi connectivity index (χ4v) is 2.91. The van der Waals surface area contributed by atoms with Crippen molar-refractivity contribution < 1.29 is 4.39 Å². The summed E-state index contributed by atoms with van der Waals surface area (Å²) in [5.41, 5.74) is 7.66. The van der Waals surface area contributed by atoms with E-state index in [9.17, 15) is 4.39 Å². The van der Waals surface area contributed by atoms with Crippen LogP contribution in [0.15, 0.2) is 18.2 Å². The molecular weight excluding hydrogens is 239 g/mol. The van der Waals surface area contributed by atoms with Gasteiger partial charge in [0.2, 0.25) is 0 Å². The van der Waals surface area contributed by atoms with Gasteiger partial charge in [-0.25, -0.2) is 4.39 Å². The Morgan fingerprint density at radius 2 is 2.16 bits per heavy atom. The van der Waals surface area contributed by atoms with Gasteiger partial charge in [-0.05, 0) is 62.4 Å². The van der Waals surface area contributed by atoms with Gasteiger partial charge in [0.25, 0.3) is 0 Å². The molecule has 0 radical (unpaired) electrons. The number of nitrogens with zero attached hydrogens (tertiary/aromatic N) is 1. The second-order valence-corrected chi connectivity index (χ2v) is 5.83.